The lowest BCUT2D eigenvalue weighted by Crippen LogP contribution is -2.44. The van der Waals surface area contributed by atoms with Crippen LogP contribution in [0.15, 0.2) is 53.7 Å². The van der Waals surface area contributed by atoms with Gasteiger partial charge in [0.25, 0.3) is 0 Å². The van der Waals surface area contributed by atoms with E-state index < -0.39 is 10.8 Å². The van der Waals surface area contributed by atoms with Crippen LogP contribution >= 0.6 is 0 Å². The Hall–Kier alpha value is -1.46. The molecule has 0 spiro atoms. The van der Waals surface area contributed by atoms with Gasteiger partial charge in [-0.2, -0.15) is 5.10 Å². The number of hydrogen-bond acceptors (Lipinski definition) is 3. The van der Waals surface area contributed by atoms with Crippen molar-refractivity contribution in [3.8, 4) is 0 Å². The Morgan fingerprint density at radius 3 is 2.82 bits per heavy atom. The van der Waals surface area contributed by atoms with E-state index in [2.05, 4.69) is 10.00 Å². The van der Waals surface area contributed by atoms with Crippen LogP contribution in [-0.4, -0.2) is 43.8 Å². The van der Waals surface area contributed by atoms with Crippen molar-refractivity contribution in [2.75, 3.05) is 18.8 Å². The molecule has 1 aromatic carbocycles. The highest BCUT2D eigenvalue weighted by atomic mass is 32.2. The van der Waals surface area contributed by atoms with Crippen LogP contribution in [0.25, 0.3) is 0 Å². The second-order valence-electron chi connectivity index (χ2n) is 5.78. The van der Waals surface area contributed by atoms with Gasteiger partial charge in [0, 0.05) is 35.6 Å². The molecule has 1 aliphatic rings. The van der Waals surface area contributed by atoms with Gasteiger partial charge in [-0.05, 0) is 37.6 Å². The Bertz CT molecular complexity index is 585. The zero-order valence-electron chi connectivity index (χ0n) is 12.8. The van der Waals surface area contributed by atoms with Crippen molar-refractivity contribution >= 4 is 10.8 Å². The van der Waals surface area contributed by atoms with Gasteiger partial charge in [0.05, 0.1) is 17.3 Å². The van der Waals surface area contributed by atoms with Crippen LogP contribution in [0.5, 0.6) is 0 Å². The Morgan fingerprint density at radius 1 is 1.18 bits per heavy atom. The molecule has 3 rings (SSSR count). The van der Waals surface area contributed by atoms with Crippen molar-refractivity contribution in [3.05, 3.63) is 48.8 Å². The van der Waals surface area contributed by atoms with Crippen molar-refractivity contribution in [3.63, 3.8) is 0 Å². The molecular formula is C17H23N3OS. The predicted molar refractivity (Wildman–Crippen MR) is 89.2 cm³/mol. The number of rotatable bonds is 6. The third kappa shape index (κ3) is 4.05. The van der Waals surface area contributed by atoms with E-state index in [9.17, 15) is 4.21 Å². The van der Waals surface area contributed by atoms with E-state index in [-0.39, 0.29) is 0 Å². The summed E-state index contributed by atoms with van der Waals surface area (Å²) in [5.74, 6) is 0.708. The van der Waals surface area contributed by atoms with Gasteiger partial charge >= 0.3 is 0 Å². The van der Waals surface area contributed by atoms with Gasteiger partial charge in [0.15, 0.2) is 0 Å². The van der Waals surface area contributed by atoms with Gasteiger partial charge in [-0.3, -0.25) is 13.8 Å². The topological polar surface area (TPSA) is 38.1 Å². The van der Waals surface area contributed by atoms with Crippen molar-refractivity contribution in [1.82, 2.24) is 14.7 Å². The molecule has 4 nitrogen and oxygen atoms in total. The first-order chi connectivity index (χ1) is 10.8. The zero-order valence-corrected chi connectivity index (χ0v) is 13.6. The summed E-state index contributed by atoms with van der Waals surface area (Å²) < 4.78 is 14.4. The molecule has 0 aliphatic carbocycles. The van der Waals surface area contributed by atoms with Gasteiger partial charge in [-0.15, -0.1) is 0 Å². The smallest absolute Gasteiger partial charge is 0.0564 e. The van der Waals surface area contributed by atoms with E-state index in [0.29, 0.717) is 11.8 Å². The standard InChI is InChI=1S/C17H23N3OS/c21-22(17-8-2-1-3-9-17)14-13-19-11-5-4-7-16(19)15-20-12-6-10-18-20/h1-3,6,8-10,12,16H,4-5,7,11,13-15H2/t16-,22-/m0/s1. The third-order valence-corrected chi connectivity index (χ3v) is 5.63. The zero-order chi connectivity index (χ0) is 15.2. The second kappa shape index (κ2) is 7.70. The van der Waals surface area contributed by atoms with E-state index in [1.807, 2.05) is 53.5 Å². The molecule has 1 aromatic heterocycles. The van der Waals surface area contributed by atoms with Crippen LogP contribution in [0, 0.1) is 0 Å². The molecule has 1 saturated heterocycles. The largest absolute Gasteiger partial charge is 0.298 e. The molecule has 2 heterocycles. The first-order valence-electron chi connectivity index (χ1n) is 7.98. The molecule has 0 unspecified atom stereocenters. The number of aromatic nitrogens is 2. The quantitative estimate of drug-likeness (QED) is 0.822. The molecule has 118 valence electrons. The minimum absolute atomic E-state index is 0.515. The van der Waals surface area contributed by atoms with E-state index >= 15 is 0 Å². The molecule has 22 heavy (non-hydrogen) atoms. The number of piperidine rings is 1. The predicted octanol–water partition coefficient (Wildman–Crippen LogP) is 2.55. The number of likely N-dealkylation sites (tertiary alicyclic amines) is 1. The van der Waals surface area contributed by atoms with Crippen LogP contribution in [0.1, 0.15) is 19.3 Å². The maximum absolute atomic E-state index is 12.4. The molecule has 1 aliphatic heterocycles. The van der Waals surface area contributed by atoms with Crippen molar-refractivity contribution < 1.29 is 4.21 Å². The van der Waals surface area contributed by atoms with Crippen LogP contribution in [-0.2, 0) is 17.3 Å². The number of hydrogen-bond donors (Lipinski definition) is 0. The summed E-state index contributed by atoms with van der Waals surface area (Å²) in [5.41, 5.74) is 0. The Kier molecular flexibility index (Phi) is 5.40. The van der Waals surface area contributed by atoms with Crippen LogP contribution in [0.4, 0.5) is 0 Å². The summed E-state index contributed by atoms with van der Waals surface area (Å²) in [4.78, 5) is 3.43. The van der Waals surface area contributed by atoms with E-state index in [0.717, 1.165) is 24.5 Å². The number of benzene rings is 1. The first kappa shape index (κ1) is 15.4. The molecule has 2 aromatic rings. The molecule has 0 bridgehead atoms. The van der Waals surface area contributed by atoms with Crippen molar-refractivity contribution in [1.29, 1.82) is 0 Å². The Labute approximate surface area is 134 Å². The fourth-order valence-electron chi connectivity index (χ4n) is 3.08. The highest BCUT2D eigenvalue weighted by molar-refractivity contribution is 7.85. The molecule has 1 fully saturated rings. The van der Waals surface area contributed by atoms with Crippen LogP contribution in [0.2, 0.25) is 0 Å². The summed E-state index contributed by atoms with van der Waals surface area (Å²) in [5, 5.41) is 4.32. The normalized spacial score (nSPS) is 20.8. The lowest BCUT2D eigenvalue weighted by Gasteiger charge is -2.35. The minimum Gasteiger partial charge on any atom is -0.298 e. The average Bonchev–Trinajstić information content (AvgIpc) is 3.07. The Balaban J connectivity index is 1.56. The summed E-state index contributed by atoms with van der Waals surface area (Å²) in [6, 6.07) is 12.3. The van der Waals surface area contributed by atoms with E-state index in [1.165, 1.54) is 19.3 Å². The average molecular weight is 317 g/mol. The molecule has 0 amide bonds. The molecular weight excluding hydrogens is 294 g/mol. The van der Waals surface area contributed by atoms with Crippen molar-refractivity contribution in [2.45, 2.75) is 36.7 Å². The summed E-state index contributed by atoms with van der Waals surface area (Å²) in [7, 11) is -0.903. The second-order valence-corrected chi connectivity index (χ2v) is 7.35. The van der Waals surface area contributed by atoms with E-state index in [4.69, 9.17) is 0 Å². The number of nitrogens with zero attached hydrogens (tertiary/aromatic N) is 3. The van der Waals surface area contributed by atoms with Crippen LogP contribution in [0.3, 0.4) is 0 Å². The fraction of sp³-hybridized carbons (Fsp3) is 0.471. The van der Waals surface area contributed by atoms with E-state index in [1.54, 1.807) is 0 Å². The van der Waals surface area contributed by atoms with Crippen molar-refractivity contribution in [2.24, 2.45) is 0 Å². The van der Waals surface area contributed by atoms with Gasteiger partial charge in [0.2, 0.25) is 0 Å². The summed E-state index contributed by atoms with van der Waals surface area (Å²) >= 11 is 0. The minimum atomic E-state index is -0.903. The van der Waals surface area contributed by atoms with Gasteiger partial charge < -0.3 is 0 Å². The highest BCUT2D eigenvalue weighted by Crippen LogP contribution is 2.18. The maximum Gasteiger partial charge on any atom is 0.0564 e. The maximum atomic E-state index is 12.4. The first-order valence-corrected chi connectivity index (χ1v) is 9.30. The lowest BCUT2D eigenvalue weighted by molar-refractivity contribution is 0.138. The molecule has 0 N–H and O–H groups in total. The van der Waals surface area contributed by atoms with Gasteiger partial charge in [-0.1, -0.05) is 24.6 Å². The molecule has 2 atom stereocenters. The van der Waals surface area contributed by atoms with Gasteiger partial charge in [0.1, 0.15) is 0 Å². The Morgan fingerprint density at radius 2 is 2.05 bits per heavy atom. The third-order valence-electron chi connectivity index (χ3n) is 4.28. The molecule has 0 radical (unpaired) electrons. The monoisotopic (exact) mass is 317 g/mol. The SMILES string of the molecule is O=[S@@](CCN1CCCC[C@H]1Cn1cccn1)c1ccccc1. The fourth-order valence-corrected chi connectivity index (χ4v) is 4.17. The molecule has 0 saturated carbocycles. The lowest BCUT2D eigenvalue weighted by atomic mass is 10.0. The van der Waals surface area contributed by atoms with Crippen LogP contribution < -0.4 is 0 Å². The summed E-state index contributed by atoms with van der Waals surface area (Å²) in [6.07, 6.45) is 7.59. The summed E-state index contributed by atoms with van der Waals surface area (Å²) in [6.45, 7) is 2.94. The highest BCUT2D eigenvalue weighted by Gasteiger charge is 2.23. The molecule has 5 heteroatoms. The van der Waals surface area contributed by atoms with Gasteiger partial charge in [-0.25, -0.2) is 0 Å².